The van der Waals surface area contributed by atoms with E-state index in [1.807, 2.05) is 6.92 Å². The molecule has 0 N–H and O–H groups in total. The predicted octanol–water partition coefficient (Wildman–Crippen LogP) is 2.91. The lowest BCUT2D eigenvalue weighted by atomic mass is 10.1. The quantitative estimate of drug-likeness (QED) is 0.797. The van der Waals surface area contributed by atoms with Crippen LogP contribution >= 0.6 is 15.9 Å². The van der Waals surface area contributed by atoms with Gasteiger partial charge in [-0.25, -0.2) is 4.98 Å². The van der Waals surface area contributed by atoms with Crippen molar-refractivity contribution in [3.05, 3.63) is 22.3 Å². The highest BCUT2D eigenvalue weighted by atomic mass is 79.9. The molecule has 2 aliphatic rings. The molecule has 0 spiro atoms. The number of aromatic nitrogens is 1. The lowest BCUT2D eigenvalue weighted by Gasteiger charge is -2.38. The number of halogens is 1. The van der Waals surface area contributed by atoms with Gasteiger partial charge in [0.1, 0.15) is 5.82 Å². The van der Waals surface area contributed by atoms with Crippen LogP contribution in [0.1, 0.15) is 25.0 Å². The van der Waals surface area contributed by atoms with E-state index in [1.165, 1.54) is 19.3 Å². The summed E-state index contributed by atoms with van der Waals surface area (Å²) < 4.78 is 6.91. The van der Waals surface area contributed by atoms with Crippen molar-refractivity contribution in [2.24, 2.45) is 0 Å². The van der Waals surface area contributed by atoms with Crippen LogP contribution in [0.5, 0.6) is 0 Å². The van der Waals surface area contributed by atoms with Crippen LogP contribution in [0.15, 0.2) is 16.6 Å². The molecule has 3 rings (SSSR count). The molecular formula is C13H17BrN2O. The van der Waals surface area contributed by atoms with Gasteiger partial charge in [0.25, 0.3) is 0 Å². The molecule has 4 heteroatoms. The summed E-state index contributed by atoms with van der Waals surface area (Å²) in [6.45, 7) is 3.84. The van der Waals surface area contributed by atoms with Gasteiger partial charge in [0, 0.05) is 11.0 Å². The summed E-state index contributed by atoms with van der Waals surface area (Å²) in [4.78, 5) is 7.11. The van der Waals surface area contributed by atoms with Crippen molar-refractivity contribution in [1.82, 2.24) is 4.98 Å². The second kappa shape index (κ2) is 4.58. The van der Waals surface area contributed by atoms with E-state index in [2.05, 4.69) is 37.9 Å². The van der Waals surface area contributed by atoms with Crippen LogP contribution in [0.3, 0.4) is 0 Å². The average molecular weight is 297 g/mol. The maximum Gasteiger partial charge on any atom is 0.129 e. The molecule has 1 aromatic heterocycles. The monoisotopic (exact) mass is 296 g/mol. The number of aryl methyl sites for hydroxylation is 1. The van der Waals surface area contributed by atoms with Crippen LogP contribution in [0, 0.1) is 6.92 Å². The predicted molar refractivity (Wildman–Crippen MR) is 71.4 cm³/mol. The molecule has 2 heterocycles. The van der Waals surface area contributed by atoms with E-state index in [9.17, 15) is 0 Å². The molecule has 1 aliphatic heterocycles. The third-order valence-corrected chi connectivity index (χ3v) is 4.62. The highest BCUT2D eigenvalue weighted by Crippen LogP contribution is 2.32. The zero-order valence-electron chi connectivity index (χ0n) is 10.0. The van der Waals surface area contributed by atoms with E-state index in [4.69, 9.17) is 4.74 Å². The minimum atomic E-state index is 0.425. The van der Waals surface area contributed by atoms with E-state index in [1.54, 1.807) is 0 Å². The smallest absolute Gasteiger partial charge is 0.129 e. The number of rotatable bonds is 1. The zero-order valence-corrected chi connectivity index (χ0v) is 11.6. The first kappa shape index (κ1) is 11.5. The summed E-state index contributed by atoms with van der Waals surface area (Å²) in [5.41, 5.74) is 1.06. The molecular weight excluding hydrogens is 280 g/mol. The Balaban J connectivity index is 1.89. The SMILES string of the molecule is Cc1nc(N2CCOC3CCCC32)ccc1Br. The lowest BCUT2D eigenvalue weighted by Crippen LogP contribution is -2.49. The number of morpholine rings is 1. The largest absolute Gasteiger partial charge is 0.374 e. The van der Waals surface area contributed by atoms with Crippen molar-refractivity contribution in [2.75, 3.05) is 18.1 Å². The van der Waals surface area contributed by atoms with Gasteiger partial charge >= 0.3 is 0 Å². The van der Waals surface area contributed by atoms with Crippen molar-refractivity contribution < 1.29 is 4.74 Å². The van der Waals surface area contributed by atoms with Gasteiger partial charge in [-0.15, -0.1) is 0 Å². The van der Waals surface area contributed by atoms with Gasteiger partial charge in [0.05, 0.1) is 24.4 Å². The highest BCUT2D eigenvalue weighted by molar-refractivity contribution is 9.10. The molecule has 0 radical (unpaired) electrons. The normalized spacial score (nSPS) is 28.2. The molecule has 1 saturated heterocycles. The number of hydrogen-bond acceptors (Lipinski definition) is 3. The molecule has 1 aromatic rings. The van der Waals surface area contributed by atoms with Gasteiger partial charge in [-0.05, 0) is 54.2 Å². The summed E-state index contributed by atoms with van der Waals surface area (Å²) in [6.07, 6.45) is 4.15. The van der Waals surface area contributed by atoms with Gasteiger partial charge in [-0.2, -0.15) is 0 Å². The highest BCUT2D eigenvalue weighted by Gasteiger charge is 2.36. The molecule has 0 amide bonds. The van der Waals surface area contributed by atoms with E-state index >= 15 is 0 Å². The van der Waals surface area contributed by atoms with Crippen molar-refractivity contribution in [2.45, 2.75) is 38.3 Å². The van der Waals surface area contributed by atoms with Gasteiger partial charge in [-0.1, -0.05) is 0 Å². The zero-order chi connectivity index (χ0) is 11.8. The van der Waals surface area contributed by atoms with Gasteiger partial charge in [-0.3, -0.25) is 0 Å². The van der Waals surface area contributed by atoms with Gasteiger partial charge in [0.15, 0.2) is 0 Å². The molecule has 3 nitrogen and oxygen atoms in total. The maximum absolute atomic E-state index is 5.83. The third kappa shape index (κ3) is 2.08. The molecule has 1 saturated carbocycles. The Kier molecular flexibility index (Phi) is 3.09. The molecule has 0 aromatic carbocycles. The lowest BCUT2D eigenvalue weighted by molar-refractivity contribution is 0.0253. The molecule has 2 unspecified atom stereocenters. The third-order valence-electron chi connectivity index (χ3n) is 3.78. The Bertz CT molecular complexity index is 424. The fourth-order valence-electron chi connectivity index (χ4n) is 2.90. The Morgan fingerprint density at radius 3 is 3.12 bits per heavy atom. The molecule has 17 heavy (non-hydrogen) atoms. The maximum atomic E-state index is 5.83. The fourth-order valence-corrected chi connectivity index (χ4v) is 3.12. The summed E-state index contributed by atoms with van der Waals surface area (Å²) in [7, 11) is 0. The van der Waals surface area contributed by atoms with Crippen LogP contribution < -0.4 is 4.90 Å². The summed E-state index contributed by atoms with van der Waals surface area (Å²) in [6, 6.07) is 4.74. The first-order valence-corrected chi connectivity index (χ1v) is 7.06. The minimum Gasteiger partial charge on any atom is -0.374 e. The number of ether oxygens (including phenoxy) is 1. The van der Waals surface area contributed by atoms with Crippen LogP contribution in [0.4, 0.5) is 5.82 Å². The fraction of sp³-hybridized carbons (Fsp3) is 0.615. The molecule has 2 fully saturated rings. The summed E-state index contributed by atoms with van der Waals surface area (Å²) in [5.74, 6) is 1.10. The van der Waals surface area contributed by atoms with E-state index < -0.39 is 0 Å². The summed E-state index contributed by atoms with van der Waals surface area (Å²) in [5, 5.41) is 0. The second-order valence-electron chi connectivity index (χ2n) is 4.84. The van der Waals surface area contributed by atoms with Crippen LogP contribution in [-0.2, 0) is 4.74 Å². The Morgan fingerprint density at radius 2 is 2.29 bits per heavy atom. The molecule has 0 bridgehead atoms. The number of nitrogens with zero attached hydrogens (tertiary/aromatic N) is 2. The standard InChI is InChI=1S/C13H17BrN2O/c1-9-10(14)5-6-13(15-9)16-7-8-17-12-4-2-3-11(12)16/h5-6,11-12H,2-4,7-8H2,1H3. The van der Waals surface area contributed by atoms with Crippen molar-refractivity contribution in [1.29, 1.82) is 0 Å². The van der Waals surface area contributed by atoms with E-state index in [-0.39, 0.29) is 0 Å². The topological polar surface area (TPSA) is 25.4 Å². The Morgan fingerprint density at radius 1 is 1.41 bits per heavy atom. The molecule has 2 atom stereocenters. The number of fused-ring (bicyclic) bond motifs is 1. The van der Waals surface area contributed by atoms with Crippen LogP contribution in [0.25, 0.3) is 0 Å². The Hall–Kier alpha value is -0.610. The van der Waals surface area contributed by atoms with Gasteiger partial charge < -0.3 is 9.64 Å². The first-order valence-electron chi connectivity index (χ1n) is 6.27. The van der Waals surface area contributed by atoms with Crippen LogP contribution in [-0.4, -0.2) is 30.3 Å². The minimum absolute atomic E-state index is 0.425. The van der Waals surface area contributed by atoms with E-state index in [0.717, 1.165) is 29.1 Å². The second-order valence-corrected chi connectivity index (χ2v) is 5.69. The van der Waals surface area contributed by atoms with E-state index in [0.29, 0.717) is 12.1 Å². The van der Waals surface area contributed by atoms with Crippen molar-refractivity contribution >= 4 is 21.7 Å². The number of pyridine rings is 1. The number of anilines is 1. The first-order chi connectivity index (χ1) is 8.25. The average Bonchev–Trinajstić information content (AvgIpc) is 2.80. The van der Waals surface area contributed by atoms with Crippen molar-refractivity contribution in [3.8, 4) is 0 Å². The van der Waals surface area contributed by atoms with Gasteiger partial charge in [0.2, 0.25) is 0 Å². The van der Waals surface area contributed by atoms with Crippen molar-refractivity contribution in [3.63, 3.8) is 0 Å². The molecule has 92 valence electrons. The Labute approximate surface area is 110 Å². The van der Waals surface area contributed by atoms with Crippen LogP contribution in [0.2, 0.25) is 0 Å². The molecule has 1 aliphatic carbocycles. The summed E-state index contributed by atoms with van der Waals surface area (Å²) >= 11 is 3.50. The number of hydrogen-bond donors (Lipinski definition) is 0.